The highest BCUT2D eigenvalue weighted by atomic mass is 32.2. The maximum atomic E-state index is 14.9. The molecule has 23 heteroatoms. The van der Waals surface area contributed by atoms with Crippen molar-refractivity contribution in [2.24, 2.45) is 11.3 Å². The molecular weight excluding hydrogens is 1030 g/mol. The molecule has 5 N–H and O–H groups in total. The molecular formula is C54H65N8O13PS. The summed E-state index contributed by atoms with van der Waals surface area (Å²) in [6.45, 7) is 8.63. The Balaban J connectivity index is 0.818. The highest BCUT2D eigenvalue weighted by Gasteiger charge is 2.50. The monoisotopic (exact) mass is 1100 g/mol. The van der Waals surface area contributed by atoms with E-state index in [2.05, 4.69) is 56.0 Å². The second-order valence-corrected chi connectivity index (χ2v) is 25.3. The maximum Gasteiger partial charge on any atom is 0.470 e. The van der Waals surface area contributed by atoms with E-state index in [0.29, 0.717) is 74.3 Å². The van der Waals surface area contributed by atoms with E-state index in [1.807, 2.05) is 29.2 Å². The predicted octanol–water partition coefficient (Wildman–Crippen LogP) is 8.03. The smallest absolute Gasteiger partial charge is 0.470 e. The number of fused-ring (bicyclic) bond motifs is 4. The third-order valence-electron chi connectivity index (χ3n) is 17.5. The zero-order chi connectivity index (χ0) is 53.4. The number of phosphoric ester groups is 1. The van der Waals surface area contributed by atoms with Crippen LogP contribution in [0.25, 0.3) is 11.0 Å². The van der Waals surface area contributed by atoms with Crippen molar-refractivity contribution in [3.63, 3.8) is 0 Å². The summed E-state index contributed by atoms with van der Waals surface area (Å²) in [4.78, 5) is 60.3. The van der Waals surface area contributed by atoms with E-state index in [1.165, 1.54) is 17.2 Å². The van der Waals surface area contributed by atoms with Crippen molar-refractivity contribution < 1.29 is 56.0 Å². The van der Waals surface area contributed by atoms with Gasteiger partial charge in [-0.1, -0.05) is 24.3 Å². The molecule has 3 aromatic carbocycles. The Labute approximate surface area is 446 Å². The molecule has 5 aliphatic heterocycles. The first-order valence-electron chi connectivity index (χ1n) is 26.8. The van der Waals surface area contributed by atoms with Gasteiger partial charge in [0.1, 0.15) is 24.0 Å². The number of nitrogens with one attached hydrogen (secondary N) is 3. The topological polar surface area (TPSA) is 260 Å². The summed E-state index contributed by atoms with van der Waals surface area (Å²) in [5.74, 6) is -0.762. The molecule has 0 unspecified atom stereocenters. The van der Waals surface area contributed by atoms with Gasteiger partial charge < -0.3 is 48.8 Å². The molecule has 7 aliphatic rings. The van der Waals surface area contributed by atoms with Gasteiger partial charge in [0.2, 0.25) is 5.88 Å². The van der Waals surface area contributed by atoms with Crippen molar-refractivity contribution >= 4 is 63.2 Å². The van der Waals surface area contributed by atoms with Gasteiger partial charge in [0.15, 0.2) is 11.4 Å². The van der Waals surface area contributed by atoms with E-state index in [0.717, 1.165) is 75.5 Å². The van der Waals surface area contributed by atoms with Crippen LogP contribution in [-0.4, -0.2) is 126 Å². The number of rotatable bonds is 11. The molecule has 7 heterocycles. The van der Waals surface area contributed by atoms with E-state index < -0.39 is 57.0 Å². The number of H-pyrrole nitrogens is 1. The first kappa shape index (κ1) is 51.9. The van der Waals surface area contributed by atoms with E-state index in [1.54, 1.807) is 19.2 Å². The number of nitro groups is 1. The van der Waals surface area contributed by atoms with Gasteiger partial charge in [-0.25, -0.2) is 17.7 Å². The van der Waals surface area contributed by atoms with Gasteiger partial charge in [0, 0.05) is 68.3 Å². The number of phosphoric acid groups is 1. The standard InChI is InChI=1S/C54H65N8O13PS/c1-33-6-3-4-7-39(33)46-31-71-22-5-19-60(46)37-28-54(29-37)16-20-59(21-17-54)36-8-9-40(43(25-36)61-42-13-23-72-32-48(42)74-52-45(61)24-35-12-18-55-50(35)57-52)51(63)58-77(69,70)38-26-44(62(64)65)49-47(27-38)73-30-41(56-49)34-10-14-53(2,15-11-34)75-76(66,67)68/h3-4,6-9,12,18,24-27,34,37,41-42,46,48,56H,5,10-11,13-17,19-23,28-32H2,1-2H3,(H,55,57)(H,58,63)(H2,66,67,68)/t34?,41-,42+,46+,48+,53?/m1/s1. The Morgan fingerprint density at radius 1 is 0.948 bits per heavy atom. The summed E-state index contributed by atoms with van der Waals surface area (Å²) in [7, 11) is -9.50. The van der Waals surface area contributed by atoms with Crippen LogP contribution in [-0.2, 0) is 28.6 Å². The number of nitro benzene ring substituents is 1. The number of carbonyl (C=O) groups is 1. The zero-order valence-corrected chi connectivity index (χ0v) is 44.8. The number of amides is 1. The minimum atomic E-state index is -4.78. The number of carbonyl (C=O) groups excluding carboxylic acids is 1. The number of hydrogen-bond acceptors (Lipinski definition) is 16. The second kappa shape index (κ2) is 20.1. The lowest BCUT2D eigenvalue weighted by molar-refractivity contribution is -0.384. The van der Waals surface area contributed by atoms with Crippen LogP contribution >= 0.6 is 7.82 Å². The predicted molar refractivity (Wildman–Crippen MR) is 285 cm³/mol. The third-order valence-corrected chi connectivity index (χ3v) is 19.5. The Bertz CT molecular complexity index is 3260. The van der Waals surface area contributed by atoms with Gasteiger partial charge in [-0.15, -0.1) is 0 Å². The van der Waals surface area contributed by atoms with E-state index in [-0.39, 0.29) is 53.6 Å². The molecule has 12 rings (SSSR count). The molecule has 5 fully saturated rings. The summed E-state index contributed by atoms with van der Waals surface area (Å²) in [5.41, 5.74) is 3.87. The lowest BCUT2D eigenvalue weighted by atomic mass is 9.59. The molecule has 0 radical (unpaired) electrons. The largest absolute Gasteiger partial charge is 0.489 e. The number of aromatic amines is 1. The van der Waals surface area contributed by atoms with Gasteiger partial charge in [-0.2, -0.15) is 4.98 Å². The van der Waals surface area contributed by atoms with Gasteiger partial charge in [0.25, 0.3) is 21.6 Å². The molecule has 4 atom stereocenters. The van der Waals surface area contributed by atoms with E-state index >= 15 is 0 Å². The SMILES string of the molecule is Cc1ccccc1[C@@H]1COCCCN1C1CC2(CCN(c3ccc(C(=O)NS(=O)(=O)c4cc5c(c([N+](=O)[O-])c4)N[C@@H](C4CCC(C)(OP(=O)(O)O)CC4)CO5)c(N4c5cc6cc[nH]c6nc5O[C@H]5COCC[C@@H]54)c3)CC2)C1. The fraction of sp³-hybridized carbons (Fsp3) is 0.519. The quantitative estimate of drug-likeness (QED) is 0.0476. The Morgan fingerprint density at radius 2 is 1.73 bits per heavy atom. The molecule has 2 aliphatic carbocycles. The number of benzene rings is 3. The highest BCUT2D eigenvalue weighted by Crippen LogP contribution is 2.54. The van der Waals surface area contributed by atoms with Gasteiger partial charge in [0.05, 0.1) is 58.0 Å². The maximum absolute atomic E-state index is 14.9. The molecule has 3 saturated heterocycles. The number of aryl methyl sites for hydroxylation is 1. The van der Waals surface area contributed by atoms with Gasteiger partial charge >= 0.3 is 7.82 Å². The average Bonchev–Trinajstić information content (AvgIpc) is 3.76. The summed E-state index contributed by atoms with van der Waals surface area (Å²) in [5, 5.41) is 16.7. The van der Waals surface area contributed by atoms with Crippen LogP contribution in [0.3, 0.4) is 0 Å². The van der Waals surface area contributed by atoms with Crippen molar-refractivity contribution in [3.05, 3.63) is 99.7 Å². The summed E-state index contributed by atoms with van der Waals surface area (Å²) >= 11 is 0. The number of anilines is 4. The second-order valence-electron chi connectivity index (χ2n) is 22.4. The number of nitrogens with zero attached hydrogens (tertiary/aromatic N) is 5. The van der Waals surface area contributed by atoms with Crippen molar-refractivity contribution in [1.29, 1.82) is 0 Å². The van der Waals surface area contributed by atoms with Crippen LogP contribution in [0.5, 0.6) is 11.6 Å². The number of pyridine rings is 1. The van der Waals surface area contributed by atoms with Crippen LogP contribution in [0.1, 0.15) is 98.7 Å². The molecule has 77 heavy (non-hydrogen) atoms. The van der Waals surface area contributed by atoms with Crippen LogP contribution in [0, 0.1) is 28.4 Å². The fourth-order valence-corrected chi connectivity index (χ4v) is 15.2. The van der Waals surface area contributed by atoms with Crippen molar-refractivity contribution in [3.8, 4) is 11.6 Å². The van der Waals surface area contributed by atoms with Gasteiger partial charge in [-0.3, -0.25) is 24.3 Å². The molecule has 2 saturated carbocycles. The summed E-state index contributed by atoms with van der Waals surface area (Å²) in [6, 6.07) is 20.0. The van der Waals surface area contributed by atoms with Gasteiger partial charge in [-0.05, 0) is 131 Å². The molecule has 2 aromatic heterocycles. The van der Waals surface area contributed by atoms with E-state index in [9.17, 15) is 37.7 Å². The lowest BCUT2D eigenvalue weighted by Crippen LogP contribution is -2.56. The number of ether oxygens (including phenoxy) is 4. The third kappa shape index (κ3) is 10.2. The minimum absolute atomic E-state index is 0.00335. The normalized spacial score (nSPS) is 26.7. The van der Waals surface area contributed by atoms with Crippen LogP contribution in [0.4, 0.5) is 28.4 Å². The Morgan fingerprint density at radius 3 is 2.49 bits per heavy atom. The first-order valence-corrected chi connectivity index (χ1v) is 29.8. The zero-order valence-electron chi connectivity index (χ0n) is 43.1. The fourth-order valence-electron chi connectivity index (χ4n) is 13.4. The first-order chi connectivity index (χ1) is 36.9. The molecule has 5 aromatic rings. The molecule has 1 spiro atoms. The molecule has 21 nitrogen and oxygen atoms in total. The number of hydrogen-bond donors (Lipinski definition) is 5. The van der Waals surface area contributed by atoms with Crippen molar-refractivity contribution in [2.75, 3.05) is 67.8 Å². The van der Waals surface area contributed by atoms with Crippen molar-refractivity contribution in [1.82, 2.24) is 19.6 Å². The number of aromatic nitrogens is 2. The number of piperidine rings is 1. The van der Waals surface area contributed by atoms with E-state index in [4.69, 9.17) is 28.5 Å². The lowest BCUT2D eigenvalue weighted by Gasteiger charge is -2.56. The Kier molecular flexibility index (Phi) is 13.6. The molecule has 1 amide bonds. The summed E-state index contributed by atoms with van der Waals surface area (Å²) in [6.07, 6.45) is 8.78. The van der Waals surface area contributed by atoms with Crippen molar-refractivity contribution in [2.45, 2.75) is 119 Å². The molecule has 0 bridgehead atoms. The highest BCUT2D eigenvalue weighted by molar-refractivity contribution is 7.90. The van der Waals surface area contributed by atoms with Crippen LogP contribution in [0.2, 0.25) is 0 Å². The molecule has 410 valence electrons. The van der Waals surface area contributed by atoms with Crippen LogP contribution in [0.15, 0.2) is 77.8 Å². The summed E-state index contributed by atoms with van der Waals surface area (Å²) < 4.78 is 72.5. The van der Waals surface area contributed by atoms with Crippen LogP contribution < -0.4 is 29.3 Å². The minimum Gasteiger partial charge on any atom is -0.489 e. The number of sulfonamides is 1. The average molecular weight is 1100 g/mol. The Hall–Kier alpha value is -5.84.